The highest BCUT2D eigenvalue weighted by molar-refractivity contribution is 5.94. The Morgan fingerprint density at radius 3 is 3.24 bits per heavy atom. The Bertz CT molecular complexity index is 698. The molecule has 4 rings (SSSR count). The average Bonchev–Trinajstić information content (AvgIpc) is 3.18. The highest BCUT2D eigenvalue weighted by Crippen LogP contribution is 2.41. The van der Waals surface area contributed by atoms with Crippen LogP contribution in [0.15, 0.2) is 30.7 Å². The Hall–Kier alpha value is -1.92. The van der Waals surface area contributed by atoms with Gasteiger partial charge in [-0.05, 0) is 12.1 Å². The molecule has 0 radical (unpaired) electrons. The second-order valence-electron chi connectivity index (χ2n) is 6.03. The van der Waals surface area contributed by atoms with Gasteiger partial charge in [-0.25, -0.2) is 4.98 Å². The van der Waals surface area contributed by atoms with Crippen molar-refractivity contribution in [1.82, 2.24) is 14.3 Å². The van der Waals surface area contributed by atoms with Crippen LogP contribution in [0.5, 0.6) is 0 Å². The number of ether oxygens (including phenoxy) is 1. The molecule has 2 saturated heterocycles. The van der Waals surface area contributed by atoms with E-state index >= 15 is 0 Å². The topological polar surface area (TPSA) is 67.1 Å². The number of fused-ring (bicyclic) bond motifs is 2. The largest absolute Gasteiger partial charge is 0.396 e. The molecule has 1 N–H and O–H groups in total. The Morgan fingerprint density at radius 2 is 2.43 bits per heavy atom. The van der Waals surface area contributed by atoms with Crippen LogP contribution in [-0.4, -0.2) is 58.2 Å². The van der Waals surface area contributed by atoms with Crippen molar-refractivity contribution in [2.45, 2.75) is 0 Å². The minimum Gasteiger partial charge on any atom is -0.396 e. The molecule has 0 spiro atoms. The summed E-state index contributed by atoms with van der Waals surface area (Å²) in [6.07, 6.45) is 5.34. The second-order valence-corrected chi connectivity index (χ2v) is 6.03. The van der Waals surface area contributed by atoms with Gasteiger partial charge < -0.3 is 19.1 Å². The lowest BCUT2D eigenvalue weighted by Gasteiger charge is -2.24. The zero-order valence-corrected chi connectivity index (χ0v) is 11.6. The number of pyridine rings is 1. The standard InChI is InChI=1S/C15H17N3O3/c19-9-15-8-18(6-12(15)7-21-10-15)14(20)11-1-2-13-16-3-4-17(13)5-11/h1-5,12,19H,6-10H2/t12-,15-/m0/s1. The average molecular weight is 287 g/mol. The van der Waals surface area contributed by atoms with Crippen LogP contribution in [0.3, 0.4) is 0 Å². The normalized spacial score (nSPS) is 28.2. The highest BCUT2D eigenvalue weighted by atomic mass is 16.5. The van der Waals surface area contributed by atoms with Crippen molar-refractivity contribution in [2.75, 3.05) is 32.9 Å². The molecule has 1 amide bonds. The lowest BCUT2D eigenvalue weighted by atomic mass is 9.82. The molecular formula is C15H17N3O3. The maximum atomic E-state index is 12.7. The molecule has 0 aliphatic carbocycles. The molecule has 21 heavy (non-hydrogen) atoms. The molecule has 2 aromatic heterocycles. The Kier molecular flexibility index (Phi) is 2.77. The molecule has 0 saturated carbocycles. The number of hydrogen-bond donors (Lipinski definition) is 1. The SMILES string of the molecule is O=C(c1ccc2nccn2c1)N1C[C@H]2COC[C@@]2(CO)C1. The summed E-state index contributed by atoms with van der Waals surface area (Å²) >= 11 is 0. The van der Waals surface area contributed by atoms with Crippen molar-refractivity contribution < 1.29 is 14.6 Å². The summed E-state index contributed by atoms with van der Waals surface area (Å²) in [5.74, 6) is 0.247. The van der Waals surface area contributed by atoms with E-state index in [0.717, 1.165) is 5.65 Å². The maximum Gasteiger partial charge on any atom is 0.255 e. The van der Waals surface area contributed by atoms with Crippen LogP contribution >= 0.6 is 0 Å². The molecule has 2 atom stereocenters. The van der Waals surface area contributed by atoms with Gasteiger partial charge in [0.2, 0.25) is 0 Å². The molecule has 4 heterocycles. The highest BCUT2D eigenvalue weighted by Gasteiger charge is 2.51. The first-order valence-electron chi connectivity index (χ1n) is 7.12. The number of aromatic nitrogens is 2. The van der Waals surface area contributed by atoms with Crippen molar-refractivity contribution in [1.29, 1.82) is 0 Å². The van der Waals surface area contributed by atoms with Crippen LogP contribution in [0.4, 0.5) is 0 Å². The summed E-state index contributed by atoms with van der Waals surface area (Å²) in [4.78, 5) is 18.7. The van der Waals surface area contributed by atoms with Gasteiger partial charge in [0.15, 0.2) is 0 Å². The molecular weight excluding hydrogens is 270 g/mol. The third kappa shape index (κ3) is 1.86. The van der Waals surface area contributed by atoms with Crippen molar-refractivity contribution in [3.05, 3.63) is 36.3 Å². The summed E-state index contributed by atoms with van der Waals surface area (Å²) in [6, 6.07) is 3.65. The van der Waals surface area contributed by atoms with E-state index in [-0.39, 0.29) is 23.8 Å². The summed E-state index contributed by atoms with van der Waals surface area (Å²) in [5.41, 5.74) is 1.20. The van der Waals surface area contributed by atoms with Gasteiger partial charge in [-0.2, -0.15) is 0 Å². The molecule has 0 aromatic carbocycles. The minimum absolute atomic E-state index is 0.00725. The molecule has 2 aliphatic rings. The van der Waals surface area contributed by atoms with Gasteiger partial charge in [0, 0.05) is 43.0 Å². The molecule has 2 fully saturated rings. The number of hydrogen-bond acceptors (Lipinski definition) is 4. The Morgan fingerprint density at radius 1 is 1.52 bits per heavy atom. The van der Waals surface area contributed by atoms with Gasteiger partial charge in [0.05, 0.1) is 25.4 Å². The van der Waals surface area contributed by atoms with E-state index in [4.69, 9.17) is 4.74 Å². The first-order chi connectivity index (χ1) is 10.2. The lowest BCUT2D eigenvalue weighted by molar-refractivity contribution is 0.0630. The molecule has 0 bridgehead atoms. The van der Waals surface area contributed by atoms with Crippen molar-refractivity contribution in [2.24, 2.45) is 11.3 Å². The van der Waals surface area contributed by atoms with Crippen LogP contribution in [0.1, 0.15) is 10.4 Å². The number of imidazole rings is 1. The lowest BCUT2D eigenvalue weighted by Crippen LogP contribution is -2.36. The van der Waals surface area contributed by atoms with Gasteiger partial charge in [0.1, 0.15) is 5.65 Å². The smallest absolute Gasteiger partial charge is 0.255 e. The fourth-order valence-corrected chi connectivity index (χ4v) is 3.44. The Balaban J connectivity index is 1.60. The van der Waals surface area contributed by atoms with Gasteiger partial charge >= 0.3 is 0 Å². The number of nitrogens with zero attached hydrogens (tertiary/aromatic N) is 3. The number of aliphatic hydroxyl groups is 1. The van der Waals surface area contributed by atoms with E-state index in [1.807, 2.05) is 21.6 Å². The van der Waals surface area contributed by atoms with Crippen LogP contribution in [0.25, 0.3) is 5.65 Å². The third-order valence-electron chi connectivity index (χ3n) is 4.76. The quantitative estimate of drug-likeness (QED) is 0.869. The number of rotatable bonds is 2. The number of amides is 1. The van der Waals surface area contributed by atoms with E-state index in [9.17, 15) is 9.90 Å². The van der Waals surface area contributed by atoms with Crippen LogP contribution in [-0.2, 0) is 4.74 Å². The van der Waals surface area contributed by atoms with Gasteiger partial charge in [0.25, 0.3) is 5.91 Å². The van der Waals surface area contributed by atoms with Crippen molar-refractivity contribution >= 4 is 11.6 Å². The predicted octanol–water partition coefficient (Wildman–Crippen LogP) is 0.415. The minimum atomic E-state index is -0.269. The van der Waals surface area contributed by atoms with E-state index < -0.39 is 0 Å². The summed E-state index contributed by atoms with van der Waals surface area (Å²) < 4.78 is 7.32. The summed E-state index contributed by atoms with van der Waals surface area (Å²) in [5, 5.41) is 9.68. The predicted molar refractivity (Wildman–Crippen MR) is 74.9 cm³/mol. The van der Waals surface area contributed by atoms with Gasteiger partial charge in [-0.3, -0.25) is 4.79 Å². The van der Waals surface area contributed by atoms with Crippen LogP contribution in [0, 0.1) is 11.3 Å². The van der Waals surface area contributed by atoms with E-state index in [0.29, 0.717) is 31.9 Å². The zero-order chi connectivity index (χ0) is 14.4. The number of aliphatic hydroxyl groups excluding tert-OH is 1. The zero-order valence-electron chi connectivity index (χ0n) is 11.6. The third-order valence-corrected chi connectivity index (χ3v) is 4.76. The van der Waals surface area contributed by atoms with E-state index in [2.05, 4.69) is 4.98 Å². The van der Waals surface area contributed by atoms with E-state index in [1.165, 1.54) is 0 Å². The van der Waals surface area contributed by atoms with Crippen molar-refractivity contribution in [3.63, 3.8) is 0 Å². The molecule has 0 unspecified atom stereocenters. The first-order valence-corrected chi connectivity index (χ1v) is 7.12. The number of likely N-dealkylation sites (tertiary alicyclic amines) is 1. The van der Waals surface area contributed by atoms with Crippen molar-refractivity contribution in [3.8, 4) is 0 Å². The van der Waals surface area contributed by atoms with Crippen LogP contribution < -0.4 is 0 Å². The summed E-state index contributed by atoms with van der Waals surface area (Å²) in [6.45, 7) is 2.46. The number of carbonyl (C=O) groups is 1. The number of carbonyl (C=O) groups excluding carboxylic acids is 1. The first kappa shape index (κ1) is 12.8. The molecule has 6 heteroatoms. The Labute approximate surface area is 122 Å². The monoisotopic (exact) mass is 287 g/mol. The van der Waals surface area contributed by atoms with Gasteiger partial charge in [-0.15, -0.1) is 0 Å². The molecule has 2 aromatic rings. The summed E-state index contributed by atoms with van der Waals surface area (Å²) in [7, 11) is 0. The maximum absolute atomic E-state index is 12.7. The van der Waals surface area contributed by atoms with Gasteiger partial charge in [-0.1, -0.05) is 0 Å². The molecule has 2 aliphatic heterocycles. The fraction of sp³-hybridized carbons (Fsp3) is 0.467. The van der Waals surface area contributed by atoms with Crippen LogP contribution in [0.2, 0.25) is 0 Å². The molecule has 6 nitrogen and oxygen atoms in total. The van der Waals surface area contributed by atoms with E-state index in [1.54, 1.807) is 18.5 Å². The molecule has 110 valence electrons. The second kappa shape index (κ2) is 4.54. The fourth-order valence-electron chi connectivity index (χ4n) is 3.44.